The number of rotatable bonds is 2. The van der Waals surface area contributed by atoms with Crippen LogP contribution in [0.2, 0.25) is 0 Å². The first-order valence-electron chi connectivity index (χ1n) is 5.30. The quantitative estimate of drug-likeness (QED) is 0.704. The van der Waals surface area contributed by atoms with Crippen LogP contribution >= 0.6 is 0 Å². The second-order valence-corrected chi connectivity index (χ2v) is 4.16. The van der Waals surface area contributed by atoms with E-state index < -0.39 is 0 Å². The molecule has 0 heterocycles. The van der Waals surface area contributed by atoms with Crippen LogP contribution in [0.15, 0.2) is 18.2 Å². The fourth-order valence-electron chi connectivity index (χ4n) is 2.29. The Morgan fingerprint density at radius 3 is 3.14 bits per heavy atom. The van der Waals surface area contributed by atoms with Crippen LogP contribution < -0.4 is 5.48 Å². The topological polar surface area (TPSA) is 32.3 Å². The van der Waals surface area contributed by atoms with Gasteiger partial charge in [0.2, 0.25) is 0 Å². The molecule has 0 saturated heterocycles. The molecule has 0 saturated carbocycles. The molecule has 0 aromatic heterocycles. The zero-order valence-electron chi connectivity index (χ0n) is 8.59. The summed E-state index contributed by atoms with van der Waals surface area (Å²) in [5.74, 6) is 0.678. The van der Waals surface area contributed by atoms with E-state index in [1.54, 1.807) is 0 Å². The maximum absolute atomic E-state index is 8.64. The summed E-state index contributed by atoms with van der Waals surface area (Å²) in [6.07, 6.45) is 3.82. The van der Waals surface area contributed by atoms with E-state index >= 15 is 0 Å². The van der Waals surface area contributed by atoms with Crippen molar-refractivity contribution in [2.45, 2.75) is 38.6 Å². The summed E-state index contributed by atoms with van der Waals surface area (Å²) in [5.41, 5.74) is 6.34. The third kappa shape index (κ3) is 1.81. The summed E-state index contributed by atoms with van der Waals surface area (Å²) in [6, 6.07) is 6.53. The number of hydroxylamine groups is 1. The first-order valence-corrected chi connectivity index (χ1v) is 5.30. The van der Waals surface area contributed by atoms with Gasteiger partial charge < -0.3 is 5.21 Å². The van der Waals surface area contributed by atoms with Crippen molar-refractivity contribution in [2.24, 2.45) is 0 Å². The highest BCUT2D eigenvalue weighted by Gasteiger charge is 2.15. The van der Waals surface area contributed by atoms with Crippen LogP contribution in [0.5, 0.6) is 0 Å². The number of nitrogens with one attached hydrogen (secondary N) is 1. The van der Waals surface area contributed by atoms with Crippen molar-refractivity contribution in [1.29, 1.82) is 0 Å². The minimum Gasteiger partial charge on any atom is -0.316 e. The van der Waals surface area contributed by atoms with Crippen molar-refractivity contribution < 1.29 is 5.21 Å². The molecule has 0 bridgehead atoms. The molecule has 2 rings (SSSR count). The Morgan fingerprint density at radius 1 is 1.50 bits per heavy atom. The van der Waals surface area contributed by atoms with E-state index in [0.29, 0.717) is 12.5 Å². The van der Waals surface area contributed by atoms with Gasteiger partial charge in [0.1, 0.15) is 0 Å². The third-order valence-electron chi connectivity index (χ3n) is 3.11. The Kier molecular flexibility index (Phi) is 2.85. The van der Waals surface area contributed by atoms with Gasteiger partial charge in [0, 0.05) is 6.54 Å². The largest absolute Gasteiger partial charge is 0.316 e. The molecule has 14 heavy (non-hydrogen) atoms. The van der Waals surface area contributed by atoms with Crippen LogP contribution in [0.4, 0.5) is 0 Å². The maximum Gasteiger partial charge on any atom is 0.0458 e. The van der Waals surface area contributed by atoms with Gasteiger partial charge >= 0.3 is 0 Å². The zero-order valence-corrected chi connectivity index (χ0v) is 8.59. The number of hydrogen-bond acceptors (Lipinski definition) is 2. The molecule has 0 aliphatic heterocycles. The van der Waals surface area contributed by atoms with Crippen LogP contribution in [0.25, 0.3) is 0 Å². The van der Waals surface area contributed by atoms with Crippen molar-refractivity contribution >= 4 is 0 Å². The second kappa shape index (κ2) is 4.11. The van der Waals surface area contributed by atoms with Crippen LogP contribution in [0.1, 0.15) is 42.4 Å². The Balaban J connectivity index is 2.31. The smallest absolute Gasteiger partial charge is 0.0458 e. The Hall–Kier alpha value is -0.860. The van der Waals surface area contributed by atoms with Gasteiger partial charge in [-0.05, 0) is 41.9 Å². The fourth-order valence-corrected chi connectivity index (χ4v) is 2.29. The van der Waals surface area contributed by atoms with Gasteiger partial charge in [-0.15, -0.1) is 0 Å². The highest BCUT2D eigenvalue weighted by molar-refractivity contribution is 5.36. The lowest BCUT2D eigenvalue weighted by Crippen LogP contribution is -2.10. The molecule has 76 valence electrons. The Labute approximate surface area is 84.9 Å². The highest BCUT2D eigenvalue weighted by atomic mass is 16.5. The third-order valence-corrected chi connectivity index (χ3v) is 3.11. The molecule has 1 aromatic rings. The molecule has 0 radical (unpaired) electrons. The molecule has 0 fully saturated rings. The van der Waals surface area contributed by atoms with Gasteiger partial charge in [-0.1, -0.05) is 25.1 Å². The summed E-state index contributed by atoms with van der Waals surface area (Å²) in [5, 5.41) is 8.64. The number of fused-ring (bicyclic) bond motifs is 1. The first-order chi connectivity index (χ1) is 6.81. The summed E-state index contributed by atoms with van der Waals surface area (Å²) >= 11 is 0. The lowest BCUT2D eigenvalue weighted by molar-refractivity contribution is 0.161. The summed E-state index contributed by atoms with van der Waals surface area (Å²) in [4.78, 5) is 0. The molecular formula is C12H17NO. The SMILES string of the molecule is CC1CCCc2ccc(CNO)cc21. The number of benzene rings is 1. The van der Waals surface area contributed by atoms with Gasteiger partial charge in [-0.25, -0.2) is 5.48 Å². The summed E-state index contributed by atoms with van der Waals surface area (Å²) in [6.45, 7) is 2.83. The van der Waals surface area contributed by atoms with E-state index in [4.69, 9.17) is 5.21 Å². The van der Waals surface area contributed by atoms with Gasteiger partial charge in [-0.2, -0.15) is 0 Å². The van der Waals surface area contributed by atoms with Crippen molar-refractivity contribution in [3.63, 3.8) is 0 Å². The van der Waals surface area contributed by atoms with Crippen molar-refractivity contribution in [2.75, 3.05) is 0 Å². The number of aryl methyl sites for hydroxylation is 1. The Bertz CT molecular complexity index is 322. The minimum absolute atomic E-state index is 0.542. The molecule has 1 aliphatic carbocycles. The molecule has 0 spiro atoms. The Morgan fingerprint density at radius 2 is 2.36 bits per heavy atom. The van der Waals surface area contributed by atoms with E-state index in [2.05, 4.69) is 30.6 Å². The maximum atomic E-state index is 8.64. The summed E-state index contributed by atoms with van der Waals surface area (Å²) in [7, 11) is 0. The van der Waals surface area contributed by atoms with Crippen LogP contribution in [-0.4, -0.2) is 5.21 Å². The molecular weight excluding hydrogens is 174 g/mol. The zero-order chi connectivity index (χ0) is 9.97. The molecule has 1 atom stereocenters. The molecule has 2 nitrogen and oxygen atoms in total. The molecule has 1 unspecified atom stereocenters. The molecule has 0 amide bonds. The van der Waals surface area contributed by atoms with E-state index in [1.165, 1.54) is 36.0 Å². The monoisotopic (exact) mass is 191 g/mol. The molecule has 2 N–H and O–H groups in total. The average Bonchev–Trinajstić information content (AvgIpc) is 2.20. The normalized spacial score (nSPS) is 20.6. The van der Waals surface area contributed by atoms with Gasteiger partial charge in [0.25, 0.3) is 0 Å². The predicted octanol–water partition coefficient (Wildman–Crippen LogP) is 2.61. The van der Waals surface area contributed by atoms with Crippen molar-refractivity contribution in [3.05, 3.63) is 34.9 Å². The standard InChI is InChI=1S/C12H17NO/c1-9-3-2-4-11-6-5-10(8-13-14)7-12(9)11/h5-7,9,13-14H,2-4,8H2,1H3. The lowest BCUT2D eigenvalue weighted by atomic mass is 9.83. The van der Waals surface area contributed by atoms with Gasteiger partial charge in [0.05, 0.1) is 0 Å². The van der Waals surface area contributed by atoms with Crippen molar-refractivity contribution in [3.8, 4) is 0 Å². The van der Waals surface area contributed by atoms with Crippen LogP contribution in [-0.2, 0) is 13.0 Å². The minimum atomic E-state index is 0.542. The highest BCUT2D eigenvalue weighted by Crippen LogP contribution is 2.31. The van der Waals surface area contributed by atoms with Gasteiger partial charge in [0.15, 0.2) is 0 Å². The van der Waals surface area contributed by atoms with E-state index in [-0.39, 0.29) is 0 Å². The second-order valence-electron chi connectivity index (χ2n) is 4.16. The van der Waals surface area contributed by atoms with E-state index in [0.717, 1.165) is 0 Å². The summed E-state index contributed by atoms with van der Waals surface area (Å²) < 4.78 is 0. The van der Waals surface area contributed by atoms with Crippen LogP contribution in [0.3, 0.4) is 0 Å². The predicted molar refractivity (Wildman–Crippen MR) is 56.4 cm³/mol. The number of hydrogen-bond donors (Lipinski definition) is 2. The lowest BCUT2D eigenvalue weighted by Gasteiger charge is -2.22. The molecule has 2 heteroatoms. The van der Waals surface area contributed by atoms with Gasteiger partial charge in [-0.3, -0.25) is 0 Å². The van der Waals surface area contributed by atoms with Crippen LogP contribution in [0, 0.1) is 0 Å². The van der Waals surface area contributed by atoms with E-state index in [9.17, 15) is 0 Å². The fraction of sp³-hybridized carbons (Fsp3) is 0.500. The molecule has 1 aromatic carbocycles. The molecule has 1 aliphatic rings. The van der Waals surface area contributed by atoms with Crippen molar-refractivity contribution in [1.82, 2.24) is 5.48 Å². The first kappa shape index (κ1) is 9.69. The average molecular weight is 191 g/mol. The van der Waals surface area contributed by atoms with E-state index in [1.807, 2.05) is 0 Å².